The summed E-state index contributed by atoms with van der Waals surface area (Å²) in [5.74, 6) is -0.628. The molecule has 1 unspecified atom stereocenters. The Kier molecular flexibility index (Phi) is 4.46. The molecule has 3 aromatic rings. The number of para-hydroxylation sites is 1. The fourth-order valence-corrected chi connectivity index (χ4v) is 3.47. The van der Waals surface area contributed by atoms with Crippen molar-refractivity contribution in [3.63, 3.8) is 0 Å². The van der Waals surface area contributed by atoms with Gasteiger partial charge in [0.05, 0.1) is 11.6 Å². The van der Waals surface area contributed by atoms with Crippen LogP contribution in [0.5, 0.6) is 0 Å². The highest BCUT2D eigenvalue weighted by Gasteiger charge is 2.32. The molecule has 2 aromatic carbocycles. The number of anilines is 1. The summed E-state index contributed by atoms with van der Waals surface area (Å²) in [6, 6.07) is 17.3. The van der Waals surface area contributed by atoms with Crippen LogP contribution in [-0.2, 0) is 16.1 Å². The minimum atomic E-state index is -0.450. The lowest BCUT2D eigenvalue weighted by molar-refractivity contribution is -0.134. The van der Waals surface area contributed by atoms with Crippen molar-refractivity contribution in [3.05, 3.63) is 78.1 Å². The lowest BCUT2D eigenvalue weighted by Crippen LogP contribution is -2.36. The second kappa shape index (κ2) is 7.07. The van der Waals surface area contributed by atoms with Gasteiger partial charge in [-0.1, -0.05) is 30.3 Å². The van der Waals surface area contributed by atoms with Crippen LogP contribution in [-0.4, -0.2) is 33.5 Å². The third-order valence-corrected chi connectivity index (χ3v) is 4.77. The molecule has 1 aromatic heterocycles. The number of likely N-dealkylation sites (N-methyl/N-ethyl adjacent to an activating group) is 1. The summed E-state index contributed by atoms with van der Waals surface area (Å²) in [5, 5.41) is 7.08. The van der Waals surface area contributed by atoms with E-state index >= 15 is 0 Å². The summed E-state index contributed by atoms with van der Waals surface area (Å²) in [4.78, 5) is 26.7. The van der Waals surface area contributed by atoms with E-state index in [1.54, 1.807) is 22.8 Å². The predicted molar refractivity (Wildman–Crippen MR) is 102 cm³/mol. The molecule has 0 saturated carbocycles. The van der Waals surface area contributed by atoms with E-state index in [4.69, 9.17) is 0 Å². The van der Waals surface area contributed by atoms with Crippen LogP contribution in [0.25, 0.3) is 5.69 Å². The van der Waals surface area contributed by atoms with E-state index < -0.39 is 5.92 Å². The van der Waals surface area contributed by atoms with E-state index in [2.05, 4.69) is 10.4 Å². The number of fused-ring (bicyclic) bond motifs is 1. The average Bonchev–Trinajstić information content (AvgIpc) is 3.22. The number of carbonyl (C=O) groups excluding carboxylic acids is 2. The van der Waals surface area contributed by atoms with Crippen LogP contribution in [0.2, 0.25) is 0 Å². The Morgan fingerprint density at radius 3 is 2.89 bits per heavy atom. The Morgan fingerprint density at radius 1 is 1.22 bits per heavy atom. The van der Waals surface area contributed by atoms with Gasteiger partial charge in [-0.05, 0) is 35.4 Å². The Morgan fingerprint density at radius 2 is 2.07 bits per heavy atom. The van der Waals surface area contributed by atoms with E-state index in [0.29, 0.717) is 6.54 Å². The van der Waals surface area contributed by atoms with Gasteiger partial charge in [-0.25, -0.2) is 4.68 Å². The first-order chi connectivity index (χ1) is 13.1. The van der Waals surface area contributed by atoms with Crippen LogP contribution < -0.4 is 5.32 Å². The first-order valence-corrected chi connectivity index (χ1v) is 8.84. The molecule has 1 aliphatic heterocycles. The summed E-state index contributed by atoms with van der Waals surface area (Å²) < 4.78 is 1.78. The maximum Gasteiger partial charge on any atom is 0.230 e. The summed E-state index contributed by atoms with van der Waals surface area (Å²) >= 11 is 0. The molecule has 6 nitrogen and oxygen atoms in total. The Balaban J connectivity index is 1.54. The van der Waals surface area contributed by atoms with Crippen molar-refractivity contribution < 1.29 is 9.59 Å². The van der Waals surface area contributed by atoms with Crippen molar-refractivity contribution in [2.75, 3.05) is 12.4 Å². The first-order valence-electron chi connectivity index (χ1n) is 8.84. The lowest BCUT2D eigenvalue weighted by atomic mass is 9.89. The number of nitrogens with zero attached hydrogens (tertiary/aromatic N) is 3. The summed E-state index contributed by atoms with van der Waals surface area (Å²) in [6.45, 7) is 0.466. The van der Waals surface area contributed by atoms with Gasteiger partial charge < -0.3 is 10.2 Å². The van der Waals surface area contributed by atoms with E-state index in [9.17, 15) is 9.59 Å². The summed E-state index contributed by atoms with van der Waals surface area (Å²) in [7, 11) is 1.78. The molecule has 0 spiro atoms. The summed E-state index contributed by atoms with van der Waals surface area (Å²) in [5.41, 5.74) is 3.55. The monoisotopic (exact) mass is 360 g/mol. The van der Waals surface area contributed by atoms with Crippen molar-refractivity contribution in [1.82, 2.24) is 14.7 Å². The molecule has 1 N–H and O–H groups in total. The molecule has 6 heteroatoms. The van der Waals surface area contributed by atoms with Gasteiger partial charge in [-0.15, -0.1) is 0 Å². The third kappa shape index (κ3) is 3.46. The van der Waals surface area contributed by atoms with Crippen molar-refractivity contribution in [2.24, 2.45) is 0 Å². The highest BCUT2D eigenvalue weighted by atomic mass is 16.2. The quantitative estimate of drug-likeness (QED) is 0.778. The standard InChI is InChI=1S/C21H20N4O2/c1-24(14-15-6-4-7-16(12-15)25-11-5-10-22-25)21(27)18-13-20(26)23-19-9-3-2-8-17(18)19/h2-12,18H,13-14H2,1H3,(H,23,26). The number of carbonyl (C=O) groups is 2. The minimum Gasteiger partial charge on any atom is -0.341 e. The van der Waals surface area contributed by atoms with Gasteiger partial charge in [0.25, 0.3) is 0 Å². The number of nitrogens with one attached hydrogen (secondary N) is 1. The number of rotatable bonds is 4. The molecule has 4 rings (SSSR count). The molecule has 2 amide bonds. The zero-order valence-corrected chi connectivity index (χ0v) is 15.0. The van der Waals surface area contributed by atoms with Gasteiger partial charge in [-0.2, -0.15) is 5.10 Å². The van der Waals surface area contributed by atoms with Crippen LogP contribution >= 0.6 is 0 Å². The van der Waals surface area contributed by atoms with E-state index in [1.807, 2.05) is 60.8 Å². The Hall–Kier alpha value is -3.41. The largest absolute Gasteiger partial charge is 0.341 e. The first kappa shape index (κ1) is 17.0. The van der Waals surface area contributed by atoms with Crippen molar-refractivity contribution >= 4 is 17.5 Å². The second-order valence-corrected chi connectivity index (χ2v) is 6.71. The smallest absolute Gasteiger partial charge is 0.230 e. The van der Waals surface area contributed by atoms with Gasteiger partial charge >= 0.3 is 0 Å². The van der Waals surface area contributed by atoms with Gasteiger partial charge in [0, 0.05) is 38.1 Å². The number of hydrogen-bond donors (Lipinski definition) is 1. The second-order valence-electron chi connectivity index (χ2n) is 6.71. The lowest BCUT2D eigenvalue weighted by Gasteiger charge is -2.28. The number of benzene rings is 2. The Bertz CT molecular complexity index is 981. The average molecular weight is 360 g/mol. The fourth-order valence-electron chi connectivity index (χ4n) is 3.47. The highest BCUT2D eigenvalue weighted by molar-refractivity contribution is 6.01. The third-order valence-electron chi connectivity index (χ3n) is 4.77. The molecule has 0 bridgehead atoms. The fraction of sp³-hybridized carbons (Fsp3) is 0.190. The zero-order chi connectivity index (χ0) is 18.8. The highest BCUT2D eigenvalue weighted by Crippen LogP contribution is 2.33. The van der Waals surface area contributed by atoms with E-state index in [1.165, 1.54) is 0 Å². The normalized spacial score (nSPS) is 15.7. The number of aromatic nitrogens is 2. The molecule has 1 atom stereocenters. The molecule has 1 aliphatic rings. The van der Waals surface area contributed by atoms with Gasteiger partial charge in [-0.3, -0.25) is 9.59 Å². The van der Waals surface area contributed by atoms with Gasteiger partial charge in [0.15, 0.2) is 0 Å². The maximum atomic E-state index is 13.1. The molecule has 2 heterocycles. The van der Waals surface area contributed by atoms with Crippen LogP contribution in [0.15, 0.2) is 67.0 Å². The van der Waals surface area contributed by atoms with Crippen LogP contribution in [0.3, 0.4) is 0 Å². The maximum absolute atomic E-state index is 13.1. The van der Waals surface area contributed by atoms with Crippen LogP contribution in [0, 0.1) is 0 Å². The van der Waals surface area contributed by atoms with Crippen molar-refractivity contribution in [2.45, 2.75) is 18.9 Å². The van der Waals surface area contributed by atoms with Crippen LogP contribution in [0.4, 0.5) is 5.69 Å². The van der Waals surface area contributed by atoms with E-state index in [0.717, 1.165) is 22.5 Å². The number of amides is 2. The molecule has 0 saturated heterocycles. The van der Waals surface area contributed by atoms with Crippen LogP contribution in [0.1, 0.15) is 23.5 Å². The van der Waals surface area contributed by atoms with Crippen molar-refractivity contribution in [3.8, 4) is 5.69 Å². The van der Waals surface area contributed by atoms with Gasteiger partial charge in [0.2, 0.25) is 11.8 Å². The predicted octanol–water partition coefficient (Wildman–Crippen LogP) is 2.96. The van der Waals surface area contributed by atoms with Gasteiger partial charge in [0.1, 0.15) is 0 Å². The summed E-state index contributed by atoms with van der Waals surface area (Å²) in [6.07, 6.45) is 3.78. The molecule has 136 valence electrons. The molecule has 0 radical (unpaired) electrons. The molecular formula is C21H20N4O2. The molecule has 0 aliphatic carbocycles. The SMILES string of the molecule is CN(Cc1cccc(-n2cccn2)c1)C(=O)C1CC(=O)Nc2ccccc21. The molecule has 0 fully saturated rings. The zero-order valence-electron chi connectivity index (χ0n) is 15.0. The van der Waals surface area contributed by atoms with E-state index in [-0.39, 0.29) is 18.2 Å². The number of hydrogen-bond acceptors (Lipinski definition) is 3. The minimum absolute atomic E-state index is 0.0539. The Labute approximate surface area is 157 Å². The molecule has 27 heavy (non-hydrogen) atoms. The topological polar surface area (TPSA) is 67.2 Å². The molecular weight excluding hydrogens is 340 g/mol. The van der Waals surface area contributed by atoms with Crippen molar-refractivity contribution in [1.29, 1.82) is 0 Å².